The zero-order valence-corrected chi connectivity index (χ0v) is 12.9. The summed E-state index contributed by atoms with van der Waals surface area (Å²) in [5, 5.41) is 10.8. The molecule has 1 saturated heterocycles. The van der Waals surface area contributed by atoms with E-state index in [2.05, 4.69) is 4.72 Å². The van der Waals surface area contributed by atoms with Crippen LogP contribution in [0.3, 0.4) is 0 Å². The molecule has 0 aliphatic carbocycles. The molecule has 9 heteroatoms. The summed E-state index contributed by atoms with van der Waals surface area (Å²) in [6, 6.07) is 1.95. The average Bonchev–Trinajstić information content (AvgIpc) is 2.38. The molecule has 0 spiro atoms. The highest BCUT2D eigenvalue weighted by Crippen LogP contribution is 2.30. The number of nitrogens with zero attached hydrogens (tertiary/aromatic N) is 1. The van der Waals surface area contributed by atoms with E-state index in [1.54, 1.807) is 6.92 Å². The number of nitro groups is 1. The molecule has 7 nitrogen and oxygen atoms in total. The number of benzene rings is 1. The Hall–Kier alpha value is -1.22. The normalized spacial score (nSPS) is 19.4. The molecule has 21 heavy (non-hydrogen) atoms. The molecule has 1 aliphatic heterocycles. The molecule has 1 heterocycles. The molecule has 1 aromatic carbocycles. The number of nitro benzene ring substituents is 1. The zero-order chi connectivity index (χ0) is 15.6. The van der Waals surface area contributed by atoms with E-state index in [0.717, 1.165) is 12.5 Å². The summed E-state index contributed by atoms with van der Waals surface area (Å²) in [6.07, 6.45) is 1.45. The van der Waals surface area contributed by atoms with E-state index in [0.29, 0.717) is 25.2 Å². The van der Waals surface area contributed by atoms with Crippen molar-refractivity contribution in [3.05, 3.63) is 32.8 Å². The van der Waals surface area contributed by atoms with Crippen molar-refractivity contribution in [2.45, 2.75) is 30.7 Å². The molecule has 1 unspecified atom stereocenters. The molecule has 0 aromatic heterocycles. The highest BCUT2D eigenvalue weighted by atomic mass is 35.5. The van der Waals surface area contributed by atoms with Gasteiger partial charge < -0.3 is 4.74 Å². The maximum Gasteiger partial charge on any atom is 0.289 e. The van der Waals surface area contributed by atoms with Crippen LogP contribution in [0, 0.1) is 17.0 Å². The van der Waals surface area contributed by atoms with Crippen LogP contribution in [0.15, 0.2) is 17.0 Å². The molecule has 1 aromatic rings. The molecule has 116 valence electrons. The second-order valence-corrected chi connectivity index (χ2v) is 6.95. The number of ether oxygens (including phenoxy) is 1. The summed E-state index contributed by atoms with van der Waals surface area (Å²) in [6.45, 7) is 2.46. The van der Waals surface area contributed by atoms with Gasteiger partial charge in [-0.15, -0.1) is 0 Å². The Morgan fingerprint density at radius 2 is 2.19 bits per heavy atom. The maximum atomic E-state index is 12.4. The van der Waals surface area contributed by atoms with Crippen LogP contribution in [0.1, 0.15) is 18.4 Å². The van der Waals surface area contributed by atoms with Gasteiger partial charge in [-0.1, -0.05) is 11.6 Å². The topological polar surface area (TPSA) is 98.5 Å². The van der Waals surface area contributed by atoms with Crippen molar-refractivity contribution in [1.82, 2.24) is 4.72 Å². The third-order valence-electron chi connectivity index (χ3n) is 3.21. The lowest BCUT2D eigenvalue weighted by Crippen LogP contribution is -2.40. The van der Waals surface area contributed by atoms with Gasteiger partial charge in [0.25, 0.3) is 5.69 Å². The van der Waals surface area contributed by atoms with Gasteiger partial charge in [-0.3, -0.25) is 10.1 Å². The minimum absolute atomic E-state index is 0.0857. The van der Waals surface area contributed by atoms with E-state index in [-0.39, 0.29) is 16.0 Å². The highest BCUT2D eigenvalue weighted by molar-refractivity contribution is 7.89. The molecule has 1 fully saturated rings. The first-order valence-electron chi connectivity index (χ1n) is 6.36. The van der Waals surface area contributed by atoms with Gasteiger partial charge >= 0.3 is 0 Å². The number of sulfonamides is 1. The molecule has 2 rings (SSSR count). The number of hydrogen-bond donors (Lipinski definition) is 1. The first-order chi connectivity index (χ1) is 9.81. The smallest absolute Gasteiger partial charge is 0.289 e. The number of halogens is 1. The summed E-state index contributed by atoms with van der Waals surface area (Å²) in [5.74, 6) is 0. The van der Waals surface area contributed by atoms with E-state index in [1.165, 1.54) is 6.07 Å². The second kappa shape index (κ2) is 6.27. The fourth-order valence-electron chi connectivity index (χ4n) is 2.19. The van der Waals surface area contributed by atoms with E-state index < -0.39 is 20.6 Å². The van der Waals surface area contributed by atoms with Gasteiger partial charge in [0, 0.05) is 18.7 Å². The van der Waals surface area contributed by atoms with Crippen LogP contribution in [0.25, 0.3) is 0 Å². The van der Waals surface area contributed by atoms with Gasteiger partial charge in [-0.2, -0.15) is 0 Å². The van der Waals surface area contributed by atoms with E-state index in [1.807, 2.05) is 0 Å². The number of aryl methyl sites for hydroxylation is 1. The zero-order valence-electron chi connectivity index (χ0n) is 11.3. The predicted molar refractivity (Wildman–Crippen MR) is 77.0 cm³/mol. The SMILES string of the molecule is Cc1cc(Cl)c([N+](=O)[O-])cc1S(=O)(=O)NC1CCCOC1. The first kappa shape index (κ1) is 16.2. The molecule has 0 radical (unpaired) electrons. The fraction of sp³-hybridized carbons (Fsp3) is 0.500. The van der Waals surface area contributed by atoms with Crippen molar-refractivity contribution in [3.8, 4) is 0 Å². The quantitative estimate of drug-likeness (QED) is 0.670. The molecule has 0 saturated carbocycles. The Morgan fingerprint density at radius 1 is 1.48 bits per heavy atom. The second-order valence-electron chi connectivity index (χ2n) is 4.86. The van der Waals surface area contributed by atoms with Crippen molar-refractivity contribution >= 4 is 27.3 Å². The number of nitrogens with one attached hydrogen (secondary N) is 1. The molecular weight excluding hydrogens is 320 g/mol. The van der Waals surface area contributed by atoms with Crippen molar-refractivity contribution in [2.75, 3.05) is 13.2 Å². The van der Waals surface area contributed by atoms with Gasteiger partial charge in [0.1, 0.15) is 5.02 Å². The van der Waals surface area contributed by atoms with E-state index >= 15 is 0 Å². The van der Waals surface area contributed by atoms with Gasteiger partial charge in [0.05, 0.1) is 16.4 Å². The van der Waals surface area contributed by atoms with Crippen LogP contribution in [0.4, 0.5) is 5.69 Å². The Bertz CT molecular complexity index is 656. The molecule has 1 N–H and O–H groups in total. The summed E-state index contributed by atoms with van der Waals surface area (Å²) >= 11 is 5.76. The number of rotatable bonds is 4. The molecule has 0 amide bonds. The molecule has 1 aliphatic rings. The van der Waals surface area contributed by atoms with Crippen molar-refractivity contribution in [2.24, 2.45) is 0 Å². The largest absolute Gasteiger partial charge is 0.380 e. The Balaban J connectivity index is 2.34. The van der Waals surface area contributed by atoms with Gasteiger partial charge in [0.2, 0.25) is 10.0 Å². The maximum absolute atomic E-state index is 12.4. The van der Waals surface area contributed by atoms with E-state index in [4.69, 9.17) is 16.3 Å². The van der Waals surface area contributed by atoms with Crippen molar-refractivity contribution in [1.29, 1.82) is 0 Å². The minimum Gasteiger partial charge on any atom is -0.380 e. The van der Waals surface area contributed by atoms with Gasteiger partial charge in [-0.05, 0) is 31.4 Å². The third-order valence-corrected chi connectivity index (χ3v) is 5.18. The van der Waals surface area contributed by atoms with Crippen LogP contribution >= 0.6 is 11.6 Å². The molecule has 1 atom stereocenters. The predicted octanol–water partition coefficient (Wildman–Crippen LogP) is 2.01. The first-order valence-corrected chi connectivity index (χ1v) is 8.22. The summed E-state index contributed by atoms with van der Waals surface area (Å²) in [4.78, 5) is 10.0. The summed E-state index contributed by atoms with van der Waals surface area (Å²) < 4.78 is 32.5. The Morgan fingerprint density at radius 3 is 2.76 bits per heavy atom. The third kappa shape index (κ3) is 3.70. The van der Waals surface area contributed by atoms with Crippen LogP contribution in [0.5, 0.6) is 0 Å². The minimum atomic E-state index is -3.86. The van der Waals surface area contributed by atoms with Crippen molar-refractivity contribution < 1.29 is 18.1 Å². The van der Waals surface area contributed by atoms with Gasteiger partial charge in [-0.25, -0.2) is 13.1 Å². The monoisotopic (exact) mass is 334 g/mol. The molecule has 0 bridgehead atoms. The average molecular weight is 335 g/mol. The summed E-state index contributed by atoms with van der Waals surface area (Å²) in [5.41, 5.74) is -0.0719. The van der Waals surface area contributed by atoms with Crippen LogP contribution in [-0.2, 0) is 14.8 Å². The lowest BCUT2D eigenvalue weighted by Gasteiger charge is -2.23. The highest BCUT2D eigenvalue weighted by Gasteiger charge is 2.26. The van der Waals surface area contributed by atoms with Crippen molar-refractivity contribution in [3.63, 3.8) is 0 Å². The van der Waals surface area contributed by atoms with Crippen LogP contribution in [-0.4, -0.2) is 32.6 Å². The lowest BCUT2D eigenvalue weighted by molar-refractivity contribution is -0.384. The standard InChI is InChI=1S/C12H15ClN2O5S/c1-8-5-10(13)11(15(16)17)6-12(8)21(18,19)14-9-3-2-4-20-7-9/h5-6,9,14H,2-4,7H2,1H3. The van der Waals surface area contributed by atoms with Gasteiger partial charge in [0.15, 0.2) is 0 Å². The van der Waals surface area contributed by atoms with Crippen LogP contribution < -0.4 is 4.72 Å². The van der Waals surface area contributed by atoms with E-state index in [9.17, 15) is 18.5 Å². The Labute approximate surface area is 127 Å². The fourth-order valence-corrected chi connectivity index (χ4v) is 3.98. The molecular formula is C12H15ClN2O5S. The summed E-state index contributed by atoms with van der Waals surface area (Å²) in [7, 11) is -3.86. The number of hydrogen-bond acceptors (Lipinski definition) is 5. The van der Waals surface area contributed by atoms with Crippen LogP contribution in [0.2, 0.25) is 5.02 Å². The Kier molecular flexibility index (Phi) is 4.82. The lowest BCUT2D eigenvalue weighted by atomic mass is 10.1.